The first-order valence-corrected chi connectivity index (χ1v) is 8.22. The summed E-state index contributed by atoms with van der Waals surface area (Å²) in [5.74, 6) is 2.29. The monoisotopic (exact) mass is 315 g/mol. The Labute approximate surface area is 137 Å². The van der Waals surface area contributed by atoms with Crippen molar-refractivity contribution in [3.63, 3.8) is 0 Å². The number of ether oxygens (including phenoxy) is 1. The molecule has 5 nitrogen and oxygen atoms in total. The van der Waals surface area contributed by atoms with Crippen LogP contribution >= 0.6 is 0 Å². The van der Waals surface area contributed by atoms with Crippen molar-refractivity contribution in [2.24, 2.45) is 0 Å². The standard InChI is InChI=1S/C18H25N3O2/c1-14(2)18-12-17(23-19-18)13-20-7-9-21(10-8-20)15-5-4-6-16(11-15)22-3/h4-6,11-12,14H,7-10,13H2,1-3H3. The van der Waals surface area contributed by atoms with Crippen LogP contribution in [-0.2, 0) is 6.54 Å². The molecule has 0 spiro atoms. The lowest BCUT2D eigenvalue weighted by Gasteiger charge is -2.35. The zero-order valence-corrected chi connectivity index (χ0v) is 14.2. The minimum Gasteiger partial charge on any atom is -0.497 e. The zero-order valence-electron chi connectivity index (χ0n) is 14.2. The van der Waals surface area contributed by atoms with E-state index in [1.165, 1.54) is 5.69 Å². The Bertz CT molecular complexity index is 631. The highest BCUT2D eigenvalue weighted by molar-refractivity contribution is 5.51. The summed E-state index contributed by atoms with van der Waals surface area (Å²) in [7, 11) is 1.71. The Balaban J connectivity index is 1.55. The number of nitrogens with zero attached hydrogens (tertiary/aromatic N) is 3. The van der Waals surface area contributed by atoms with Crippen LogP contribution in [0.4, 0.5) is 5.69 Å². The molecule has 1 saturated heterocycles. The molecule has 0 aliphatic carbocycles. The van der Waals surface area contributed by atoms with Crippen molar-refractivity contribution in [2.45, 2.75) is 26.3 Å². The summed E-state index contributed by atoms with van der Waals surface area (Å²) >= 11 is 0. The number of hydrogen-bond acceptors (Lipinski definition) is 5. The first-order chi connectivity index (χ1) is 11.2. The maximum absolute atomic E-state index is 5.45. The number of piperazine rings is 1. The summed E-state index contributed by atoms with van der Waals surface area (Å²) in [6, 6.07) is 10.3. The van der Waals surface area contributed by atoms with Crippen molar-refractivity contribution in [2.75, 3.05) is 38.2 Å². The molecule has 2 heterocycles. The lowest BCUT2D eigenvalue weighted by atomic mass is 10.1. The largest absolute Gasteiger partial charge is 0.497 e. The second-order valence-electron chi connectivity index (χ2n) is 6.34. The average molecular weight is 315 g/mol. The van der Waals surface area contributed by atoms with Crippen LogP contribution in [0.1, 0.15) is 31.2 Å². The van der Waals surface area contributed by atoms with Crippen LogP contribution < -0.4 is 9.64 Å². The van der Waals surface area contributed by atoms with Crippen LogP contribution in [0.3, 0.4) is 0 Å². The molecule has 124 valence electrons. The van der Waals surface area contributed by atoms with Gasteiger partial charge in [-0.25, -0.2) is 0 Å². The molecular weight excluding hydrogens is 290 g/mol. The second-order valence-corrected chi connectivity index (χ2v) is 6.34. The van der Waals surface area contributed by atoms with Crippen molar-refractivity contribution in [1.82, 2.24) is 10.1 Å². The van der Waals surface area contributed by atoms with E-state index in [9.17, 15) is 0 Å². The fourth-order valence-electron chi connectivity index (χ4n) is 2.87. The molecule has 1 aromatic carbocycles. The van der Waals surface area contributed by atoms with Gasteiger partial charge >= 0.3 is 0 Å². The van der Waals surface area contributed by atoms with Gasteiger partial charge < -0.3 is 14.2 Å². The first kappa shape index (κ1) is 15.9. The van der Waals surface area contributed by atoms with Crippen LogP contribution in [0.25, 0.3) is 0 Å². The van der Waals surface area contributed by atoms with Gasteiger partial charge in [0.2, 0.25) is 0 Å². The third kappa shape index (κ3) is 3.85. The lowest BCUT2D eigenvalue weighted by Crippen LogP contribution is -2.45. The smallest absolute Gasteiger partial charge is 0.150 e. The van der Waals surface area contributed by atoms with Crippen molar-refractivity contribution in [3.05, 3.63) is 41.8 Å². The van der Waals surface area contributed by atoms with Gasteiger partial charge in [-0.15, -0.1) is 0 Å². The summed E-state index contributed by atoms with van der Waals surface area (Å²) in [6.45, 7) is 9.18. The van der Waals surface area contributed by atoms with E-state index in [0.29, 0.717) is 5.92 Å². The predicted octanol–water partition coefficient (Wildman–Crippen LogP) is 3.13. The Hall–Kier alpha value is -2.01. The fraction of sp³-hybridized carbons (Fsp3) is 0.500. The minimum absolute atomic E-state index is 0.414. The quantitative estimate of drug-likeness (QED) is 0.848. The van der Waals surface area contributed by atoms with Crippen LogP contribution in [-0.4, -0.2) is 43.3 Å². The summed E-state index contributed by atoms with van der Waals surface area (Å²) in [5.41, 5.74) is 2.26. The van der Waals surface area contributed by atoms with Crippen LogP contribution in [0.15, 0.2) is 34.9 Å². The molecular formula is C18H25N3O2. The van der Waals surface area contributed by atoms with Gasteiger partial charge in [-0.2, -0.15) is 0 Å². The van der Waals surface area contributed by atoms with Gasteiger partial charge in [-0.05, 0) is 18.1 Å². The molecule has 0 unspecified atom stereocenters. The molecule has 1 fully saturated rings. The van der Waals surface area contributed by atoms with E-state index in [4.69, 9.17) is 9.26 Å². The van der Waals surface area contributed by atoms with Gasteiger partial charge in [0.15, 0.2) is 5.76 Å². The van der Waals surface area contributed by atoms with Gasteiger partial charge in [0.1, 0.15) is 5.75 Å². The van der Waals surface area contributed by atoms with Crippen molar-refractivity contribution in [3.8, 4) is 5.75 Å². The van der Waals surface area contributed by atoms with Crippen molar-refractivity contribution in [1.29, 1.82) is 0 Å². The molecule has 3 rings (SSSR count). The summed E-state index contributed by atoms with van der Waals surface area (Å²) < 4.78 is 10.8. The molecule has 2 aromatic rings. The summed E-state index contributed by atoms with van der Waals surface area (Å²) in [6.07, 6.45) is 0. The SMILES string of the molecule is COc1cccc(N2CCN(Cc3cc(C(C)C)no3)CC2)c1. The Kier molecular flexibility index (Phi) is 4.86. The predicted molar refractivity (Wildman–Crippen MR) is 91.1 cm³/mol. The van der Waals surface area contributed by atoms with E-state index in [2.05, 4.69) is 47.0 Å². The maximum atomic E-state index is 5.45. The molecule has 0 amide bonds. The molecule has 5 heteroatoms. The van der Waals surface area contributed by atoms with E-state index in [1.807, 2.05) is 12.1 Å². The van der Waals surface area contributed by atoms with E-state index < -0.39 is 0 Å². The highest BCUT2D eigenvalue weighted by Crippen LogP contribution is 2.23. The van der Waals surface area contributed by atoms with Crippen molar-refractivity contribution < 1.29 is 9.26 Å². The molecule has 1 aromatic heterocycles. The Morgan fingerprint density at radius 3 is 2.61 bits per heavy atom. The Morgan fingerprint density at radius 2 is 1.96 bits per heavy atom. The highest BCUT2D eigenvalue weighted by atomic mass is 16.5. The molecule has 1 aliphatic rings. The molecule has 23 heavy (non-hydrogen) atoms. The molecule has 0 radical (unpaired) electrons. The van der Waals surface area contributed by atoms with E-state index in [0.717, 1.165) is 49.9 Å². The molecule has 1 aliphatic heterocycles. The zero-order chi connectivity index (χ0) is 16.2. The first-order valence-electron chi connectivity index (χ1n) is 8.22. The summed E-state index contributed by atoms with van der Waals surface area (Å²) in [5, 5.41) is 4.14. The number of rotatable bonds is 5. The van der Waals surface area contributed by atoms with Gasteiger partial charge in [-0.3, -0.25) is 4.90 Å². The van der Waals surface area contributed by atoms with E-state index >= 15 is 0 Å². The number of anilines is 1. The third-order valence-corrected chi connectivity index (χ3v) is 4.34. The average Bonchev–Trinajstić information content (AvgIpc) is 3.04. The number of benzene rings is 1. The number of methoxy groups -OCH3 is 1. The Morgan fingerprint density at radius 1 is 1.17 bits per heavy atom. The van der Waals surface area contributed by atoms with Gasteiger partial charge in [0.05, 0.1) is 19.3 Å². The van der Waals surface area contributed by atoms with Crippen LogP contribution in [0.2, 0.25) is 0 Å². The van der Waals surface area contributed by atoms with E-state index in [-0.39, 0.29) is 0 Å². The number of hydrogen-bond donors (Lipinski definition) is 0. The van der Waals surface area contributed by atoms with Crippen LogP contribution in [0.5, 0.6) is 5.75 Å². The topological polar surface area (TPSA) is 41.7 Å². The highest BCUT2D eigenvalue weighted by Gasteiger charge is 2.19. The normalized spacial score (nSPS) is 16.1. The molecule has 0 saturated carbocycles. The van der Waals surface area contributed by atoms with Crippen LogP contribution in [0, 0.1) is 0 Å². The fourth-order valence-corrected chi connectivity index (χ4v) is 2.87. The molecule has 0 bridgehead atoms. The van der Waals surface area contributed by atoms with Gasteiger partial charge in [0.25, 0.3) is 0 Å². The number of aromatic nitrogens is 1. The second kappa shape index (κ2) is 7.04. The lowest BCUT2D eigenvalue weighted by molar-refractivity contribution is 0.219. The molecule has 0 atom stereocenters. The third-order valence-electron chi connectivity index (χ3n) is 4.34. The molecule has 0 N–H and O–H groups in total. The van der Waals surface area contributed by atoms with E-state index in [1.54, 1.807) is 7.11 Å². The maximum Gasteiger partial charge on any atom is 0.150 e. The minimum atomic E-state index is 0.414. The van der Waals surface area contributed by atoms with Gasteiger partial charge in [-0.1, -0.05) is 25.1 Å². The summed E-state index contributed by atoms with van der Waals surface area (Å²) in [4.78, 5) is 4.82. The van der Waals surface area contributed by atoms with Gasteiger partial charge in [0, 0.05) is 44.0 Å². The van der Waals surface area contributed by atoms with Crippen molar-refractivity contribution >= 4 is 5.69 Å².